The maximum Gasteiger partial charge on any atom is 0.181 e. The average Bonchev–Trinajstić information content (AvgIpc) is 3.23. The molecule has 1 aromatic carbocycles. The van der Waals surface area contributed by atoms with E-state index in [4.69, 9.17) is 9.72 Å². The number of aromatic nitrogens is 4. The molecule has 0 radical (unpaired) electrons. The Morgan fingerprint density at radius 1 is 1.07 bits per heavy atom. The van der Waals surface area contributed by atoms with Crippen molar-refractivity contribution in [3.05, 3.63) is 60.7 Å². The summed E-state index contributed by atoms with van der Waals surface area (Å²) in [6, 6.07) is 14.1. The molecule has 1 fully saturated rings. The molecule has 0 amide bonds. The SMILES string of the molecule is c1ccc(NC(CCN2CCOCC2)c2nc(-c3ccncc3)n[nH]2)cc1. The van der Waals surface area contributed by atoms with Gasteiger partial charge in [0.15, 0.2) is 5.82 Å². The van der Waals surface area contributed by atoms with Gasteiger partial charge in [-0.05, 0) is 30.7 Å². The third-order valence-electron chi connectivity index (χ3n) is 4.72. The molecule has 1 unspecified atom stereocenters. The van der Waals surface area contributed by atoms with Crippen molar-refractivity contribution >= 4 is 5.69 Å². The number of nitrogens with zero attached hydrogens (tertiary/aromatic N) is 4. The molecule has 1 aliphatic heterocycles. The Balaban J connectivity index is 1.50. The zero-order chi connectivity index (χ0) is 18.3. The van der Waals surface area contributed by atoms with E-state index in [0.29, 0.717) is 5.82 Å². The molecular formula is C20H24N6O. The van der Waals surface area contributed by atoms with Gasteiger partial charge >= 0.3 is 0 Å². The number of rotatable bonds is 7. The molecule has 7 heteroatoms. The van der Waals surface area contributed by atoms with E-state index in [0.717, 1.165) is 56.3 Å². The summed E-state index contributed by atoms with van der Waals surface area (Å²) in [6.07, 6.45) is 4.44. The Morgan fingerprint density at radius 3 is 2.63 bits per heavy atom. The van der Waals surface area contributed by atoms with Crippen molar-refractivity contribution in [1.29, 1.82) is 0 Å². The van der Waals surface area contributed by atoms with E-state index < -0.39 is 0 Å². The first-order valence-electron chi connectivity index (χ1n) is 9.33. The third-order valence-corrected chi connectivity index (χ3v) is 4.72. The van der Waals surface area contributed by atoms with Crippen molar-refractivity contribution in [1.82, 2.24) is 25.1 Å². The van der Waals surface area contributed by atoms with Crippen LogP contribution in [0.25, 0.3) is 11.4 Å². The molecular weight excluding hydrogens is 340 g/mol. The molecule has 140 valence electrons. The summed E-state index contributed by atoms with van der Waals surface area (Å²) in [5.41, 5.74) is 2.03. The van der Waals surface area contributed by atoms with Crippen molar-refractivity contribution in [2.75, 3.05) is 38.2 Å². The van der Waals surface area contributed by atoms with E-state index >= 15 is 0 Å². The number of anilines is 1. The molecule has 1 aliphatic rings. The number of ether oxygens (including phenoxy) is 1. The van der Waals surface area contributed by atoms with Gasteiger partial charge in [0.2, 0.25) is 0 Å². The van der Waals surface area contributed by atoms with Gasteiger partial charge in [0, 0.05) is 43.3 Å². The fourth-order valence-corrected chi connectivity index (χ4v) is 3.21. The summed E-state index contributed by atoms with van der Waals surface area (Å²) in [6.45, 7) is 4.57. The molecule has 4 rings (SSSR count). The van der Waals surface area contributed by atoms with Crippen molar-refractivity contribution < 1.29 is 4.74 Å². The van der Waals surface area contributed by atoms with Crippen LogP contribution in [0.4, 0.5) is 5.69 Å². The van der Waals surface area contributed by atoms with E-state index in [2.05, 4.69) is 37.5 Å². The summed E-state index contributed by atoms with van der Waals surface area (Å²) >= 11 is 0. The Bertz CT molecular complexity index is 817. The Labute approximate surface area is 158 Å². The number of aromatic amines is 1. The minimum absolute atomic E-state index is 0.0540. The van der Waals surface area contributed by atoms with Gasteiger partial charge in [-0.25, -0.2) is 4.98 Å². The number of nitrogens with one attached hydrogen (secondary N) is 2. The molecule has 3 aromatic rings. The molecule has 7 nitrogen and oxygen atoms in total. The van der Waals surface area contributed by atoms with Crippen LogP contribution in [-0.2, 0) is 4.74 Å². The highest BCUT2D eigenvalue weighted by atomic mass is 16.5. The highest BCUT2D eigenvalue weighted by molar-refractivity contribution is 5.53. The second-order valence-corrected chi connectivity index (χ2v) is 6.59. The standard InChI is InChI=1S/C20H24N6O/c1-2-4-17(5-3-1)22-18(8-11-26-12-14-27-15-13-26)20-23-19(24-25-20)16-6-9-21-10-7-16/h1-7,9-10,18,22H,8,11-15H2,(H,23,24,25). The van der Waals surface area contributed by atoms with E-state index in [1.807, 2.05) is 30.3 Å². The van der Waals surface area contributed by atoms with Gasteiger partial charge < -0.3 is 10.1 Å². The number of H-pyrrole nitrogens is 1. The summed E-state index contributed by atoms with van der Waals surface area (Å²) in [7, 11) is 0. The molecule has 0 bridgehead atoms. The second kappa shape index (κ2) is 8.75. The molecule has 1 atom stereocenters. The van der Waals surface area contributed by atoms with Gasteiger partial charge in [-0.1, -0.05) is 18.2 Å². The molecule has 2 N–H and O–H groups in total. The second-order valence-electron chi connectivity index (χ2n) is 6.59. The average molecular weight is 364 g/mol. The lowest BCUT2D eigenvalue weighted by atomic mass is 10.1. The van der Waals surface area contributed by atoms with Crippen LogP contribution >= 0.6 is 0 Å². The molecule has 3 heterocycles. The number of para-hydroxylation sites is 1. The van der Waals surface area contributed by atoms with Gasteiger partial charge in [-0.2, -0.15) is 5.10 Å². The fourth-order valence-electron chi connectivity index (χ4n) is 3.21. The van der Waals surface area contributed by atoms with Crippen LogP contribution < -0.4 is 5.32 Å². The lowest BCUT2D eigenvalue weighted by Crippen LogP contribution is -2.37. The van der Waals surface area contributed by atoms with E-state index in [1.165, 1.54) is 0 Å². The highest BCUT2D eigenvalue weighted by Gasteiger charge is 2.19. The van der Waals surface area contributed by atoms with Crippen LogP contribution in [0.3, 0.4) is 0 Å². The summed E-state index contributed by atoms with van der Waals surface area (Å²) < 4.78 is 5.45. The predicted molar refractivity (Wildman–Crippen MR) is 104 cm³/mol. The van der Waals surface area contributed by atoms with Crippen LogP contribution in [0.1, 0.15) is 18.3 Å². The number of pyridine rings is 1. The van der Waals surface area contributed by atoms with Gasteiger partial charge in [-0.3, -0.25) is 15.0 Å². The quantitative estimate of drug-likeness (QED) is 0.671. The Kier molecular flexibility index (Phi) is 5.71. The minimum atomic E-state index is 0.0540. The lowest BCUT2D eigenvalue weighted by molar-refractivity contribution is 0.0367. The third kappa shape index (κ3) is 4.69. The van der Waals surface area contributed by atoms with Gasteiger partial charge in [0.25, 0.3) is 0 Å². The van der Waals surface area contributed by atoms with Crippen LogP contribution in [0.5, 0.6) is 0 Å². The zero-order valence-corrected chi connectivity index (χ0v) is 15.2. The van der Waals surface area contributed by atoms with Crippen molar-refractivity contribution in [3.63, 3.8) is 0 Å². The Morgan fingerprint density at radius 2 is 1.85 bits per heavy atom. The fraction of sp³-hybridized carbons (Fsp3) is 0.350. The zero-order valence-electron chi connectivity index (χ0n) is 15.2. The smallest absolute Gasteiger partial charge is 0.181 e. The molecule has 1 saturated heterocycles. The largest absolute Gasteiger partial charge is 0.379 e. The first-order chi connectivity index (χ1) is 13.4. The predicted octanol–water partition coefficient (Wildman–Crippen LogP) is 2.74. The minimum Gasteiger partial charge on any atom is -0.379 e. The summed E-state index contributed by atoms with van der Waals surface area (Å²) in [5.74, 6) is 1.54. The van der Waals surface area contributed by atoms with Crippen molar-refractivity contribution in [2.45, 2.75) is 12.5 Å². The molecule has 0 saturated carbocycles. The van der Waals surface area contributed by atoms with Crippen LogP contribution in [0, 0.1) is 0 Å². The maximum absolute atomic E-state index is 5.45. The van der Waals surface area contributed by atoms with Gasteiger partial charge in [0.05, 0.1) is 19.3 Å². The first kappa shape index (κ1) is 17.6. The molecule has 2 aromatic heterocycles. The van der Waals surface area contributed by atoms with E-state index in [9.17, 15) is 0 Å². The number of morpholine rings is 1. The topological polar surface area (TPSA) is 79.0 Å². The molecule has 0 spiro atoms. The summed E-state index contributed by atoms with van der Waals surface area (Å²) in [4.78, 5) is 11.2. The highest BCUT2D eigenvalue weighted by Crippen LogP contribution is 2.23. The normalized spacial score (nSPS) is 16.1. The number of hydrogen-bond donors (Lipinski definition) is 2. The lowest BCUT2D eigenvalue weighted by Gasteiger charge is -2.28. The van der Waals surface area contributed by atoms with Gasteiger partial charge in [-0.15, -0.1) is 0 Å². The molecule has 0 aliphatic carbocycles. The van der Waals surface area contributed by atoms with Crippen molar-refractivity contribution in [2.24, 2.45) is 0 Å². The van der Waals surface area contributed by atoms with E-state index in [1.54, 1.807) is 12.4 Å². The number of benzene rings is 1. The van der Waals surface area contributed by atoms with Crippen LogP contribution in [0.2, 0.25) is 0 Å². The van der Waals surface area contributed by atoms with Crippen LogP contribution in [-0.4, -0.2) is 57.9 Å². The number of hydrogen-bond acceptors (Lipinski definition) is 6. The Hall–Kier alpha value is -2.77. The van der Waals surface area contributed by atoms with E-state index in [-0.39, 0.29) is 6.04 Å². The van der Waals surface area contributed by atoms with Crippen LogP contribution in [0.15, 0.2) is 54.9 Å². The molecule has 27 heavy (non-hydrogen) atoms. The maximum atomic E-state index is 5.45. The monoisotopic (exact) mass is 364 g/mol. The van der Waals surface area contributed by atoms with Gasteiger partial charge in [0.1, 0.15) is 5.82 Å². The first-order valence-corrected chi connectivity index (χ1v) is 9.33. The summed E-state index contributed by atoms with van der Waals surface area (Å²) in [5, 5.41) is 11.1. The van der Waals surface area contributed by atoms with Crippen molar-refractivity contribution in [3.8, 4) is 11.4 Å².